The van der Waals surface area contributed by atoms with Gasteiger partial charge in [-0.05, 0) is 75.9 Å². The molecule has 5 heteroatoms. The second-order valence-corrected chi connectivity index (χ2v) is 17.0. The summed E-state index contributed by atoms with van der Waals surface area (Å²) in [6, 6.07) is 0. The molecular formula is C49H97NO4. The van der Waals surface area contributed by atoms with Crippen molar-refractivity contribution in [2.75, 3.05) is 26.2 Å². The van der Waals surface area contributed by atoms with Crippen molar-refractivity contribution in [3.8, 4) is 0 Å². The largest absolute Gasteiger partial charge is 0.495 e. The molecule has 1 unspecified atom stereocenters. The molecule has 1 rings (SSSR count). The molecule has 0 radical (unpaired) electrons. The maximum absolute atomic E-state index is 9.73. The molecule has 1 fully saturated rings. The first kappa shape index (κ1) is 52.9. The fraction of sp³-hybridized carbons (Fsp3) is 0.939. The number of aliphatic hydroxyl groups excluding tert-OH is 1. The molecule has 0 bridgehead atoms. The zero-order chi connectivity index (χ0) is 39.6. The van der Waals surface area contributed by atoms with E-state index in [-0.39, 0.29) is 6.47 Å². The van der Waals surface area contributed by atoms with Crippen LogP contribution in [0.15, 0.2) is 11.3 Å². The standard InChI is InChI=1S/C48H95NO2.CH2O2/c1-5-9-13-16-20-26-33-45(34-27-21-17-14-10-6-2)35-28-22-19-24-31-41-49(43-44-50)42-32-25-30-38-48(46-39-40-46)51-47(36-12-8-4)37-29-23-18-15-11-7-3;2-1-3/h45,47,50H,5-44H2,1-4H3;1H,(H,2,3). The van der Waals surface area contributed by atoms with E-state index in [1.807, 2.05) is 0 Å². The Morgan fingerprint density at radius 3 is 1.33 bits per heavy atom. The van der Waals surface area contributed by atoms with Crippen LogP contribution in [0.3, 0.4) is 0 Å². The first-order valence-electron chi connectivity index (χ1n) is 24.4. The molecular weight excluding hydrogens is 667 g/mol. The minimum absolute atomic E-state index is 0.250. The molecule has 0 heterocycles. The maximum Gasteiger partial charge on any atom is 0.290 e. The lowest BCUT2D eigenvalue weighted by Gasteiger charge is -2.22. The molecule has 1 aliphatic rings. The SMILES string of the molecule is CCCCCCCCC(CCCCCCCC)CCCCCCCN(CCO)CCCCCC(OC(CCCC)CCCCCCCC)=C1CC1.O=CO. The molecule has 0 aliphatic heterocycles. The number of carboxylic acid groups (broad SMARTS) is 1. The van der Waals surface area contributed by atoms with Gasteiger partial charge in [-0.2, -0.15) is 0 Å². The summed E-state index contributed by atoms with van der Waals surface area (Å²) < 4.78 is 6.78. The minimum atomic E-state index is -0.250. The number of unbranched alkanes of at least 4 members (excludes halogenated alkanes) is 22. The van der Waals surface area contributed by atoms with Crippen LogP contribution in [-0.2, 0) is 9.53 Å². The lowest BCUT2D eigenvalue weighted by Crippen LogP contribution is -2.29. The van der Waals surface area contributed by atoms with E-state index in [2.05, 4.69) is 32.6 Å². The van der Waals surface area contributed by atoms with Gasteiger partial charge in [-0.3, -0.25) is 4.79 Å². The van der Waals surface area contributed by atoms with E-state index >= 15 is 0 Å². The molecule has 0 aromatic carbocycles. The van der Waals surface area contributed by atoms with Crippen molar-refractivity contribution >= 4 is 6.47 Å². The summed E-state index contributed by atoms with van der Waals surface area (Å²) >= 11 is 0. The first-order chi connectivity index (χ1) is 26.6. The van der Waals surface area contributed by atoms with Crippen LogP contribution < -0.4 is 0 Å². The van der Waals surface area contributed by atoms with Gasteiger partial charge in [0.1, 0.15) is 0 Å². The quantitative estimate of drug-likeness (QED) is 0.0368. The predicted molar refractivity (Wildman–Crippen MR) is 237 cm³/mol. The highest BCUT2D eigenvalue weighted by Gasteiger charge is 2.22. The Bertz CT molecular complexity index is 764. The van der Waals surface area contributed by atoms with Crippen LogP contribution in [0.4, 0.5) is 0 Å². The van der Waals surface area contributed by atoms with Gasteiger partial charge >= 0.3 is 0 Å². The Balaban J connectivity index is 0.00000903. The Labute approximate surface area is 338 Å². The van der Waals surface area contributed by atoms with Crippen LogP contribution in [0.5, 0.6) is 0 Å². The molecule has 1 atom stereocenters. The second kappa shape index (κ2) is 43.1. The number of aliphatic hydroxyl groups is 1. The Morgan fingerprint density at radius 2 is 0.907 bits per heavy atom. The number of nitrogens with zero attached hydrogens (tertiary/aromatic N) is 1. The van der Waals surface area contributed by atoms with Crippen LogP contribution in [0, 0.1) is 5.92 Å². The topological polar surface area (TPSA) is 70.0 Å². The molecule has 1 saturated carbocycles. The molecule has 54 heavy (non-hydrogen) atoms. The zero-order valence-electron chi connectivity index (χ0n) is 37.2. The summed E-state index contributed by atoms with van der Waals surface area (Å²) in [6.45, 7) is 12.5. The van der Waals surface area contributed by atoms with E-state index in [0.717, 1.165) is 32.0 Å². The van der Waals surface area contributed by atoms with E-state index in [1.165, 1.54) is 230 Å². The van der Waals surface area contributed by atoms with Gasteiger partial charge in [-0.25, -0.2) is 0 Å². The number of rotatable bonds is 42. The Morgan fingerprint density at radius 1 is 0.537 bits per heavy atom. The van der Waals surface area contributed by atoms with Crippen molar-refractivity contribution in [3.05, 3.63) is 11.3 Å². The third kappa shape index (κ3) is 36.6. The number of hydrogen-bond acceptors (Lipinski definition) is 4. The van der Waals surface area contributed by atoms with Crippen molar-refractivity contribution in [1.29, 1.82) is 0 Å². The highest BCUT2D eigenvalue weighted by molar-refractivity contribution is 5.32. The van der Waals surface area contributed by atoms with Gasteiger partial charge < -0.3 is 19.8 Å². The summed E-state index contributed by atoms with van der Waals surface area (Å²) in [4.78, 5) is 10.9. The van der Waals surface area contributed by atoms with Crippen molar-refractivity contribution in [2.24, 2.45) is 5.92 Å². The molecule has 0 aromatic heterocycles. The van der Waals surface area contributed by atoms with Crippen LogP contribution in [-0.4, -0.2) is 53.9 Å². The summed E-state index contributed by atoms with van der Waals surface area (Å²) in [5.41, 5.74) is 1.62. The van der Waals surface area contributed by atoms with Gasteiger partial charge in [0.05, 0.1) is 18.5 Å². The zero-order valence-corrected chi connectivity index (χ0v) is 37.2. The van der Waals surface area contributed by atoms with Crippen molar-refractivity contribution in [1.82, 2.24) is 4.90 Å². The van der Waals surface area contributed by atoms with Crippen LogP contribution in [0.2, 0.25) is 0 Å². The van der Waals surface area contributed by atoms with Crippen molar-refractivity contribution in [2.45, 2.75) is 265 Å². The fourth-order valence-corrected chi connectivity index (χ4v) is 8.14. The van der Waals surface area contributed by atoms with Gasteiger partial charge in [-0.1, -0.05) is 201 Å². The lowest BCUT2D eigenvalue weighted by molar-refractivity contribution is -0.122. The summed E-state index contributed by atoms with van der Waals surface area (Å²) in [7, 11) is 0. The van der Waals surface area contributed by atoms with Gasteiger partial charge in [0, 0.05) is 13.0 Å². The van der Waals surface area contributed by atoms with E-state index in [0.29, 0.717) is 12.7 Å². The molecule has 2 N–H and O–H groups in total. The number of ether oxygens (including phenoxy) is 1. The second-order valence-electron chi connectivity index (χ2n) is 17.0. The summed E-state index contributed by atoms with van der Waals surface area (Å²) in [5.74, 6) is 2.36. The minimum Gasteiger partial charge on any atom is -0.495 e. The van der Waals surface area contributed by atoms with Crippen LogP contribution in [0.25, 0.3) is 0 Å². The first-order valence-corrected chi connectivity index (χ1v) is 24.4. The molecule has 5 nitrogen and oxygen atoms in total. The van der Waals surface area contributed by atoms with Gasteiger partial charge in [0.2, 0.25) is 0 Å². The molecule has 322 valence electrons. The third-order valence-electron chi connectivity index (χ3n) is 11.8. The fourth-order valence-electron chi connectivity index (χ4n) is 8.14. The van der Waals surface area contributed by atoms with E-state index in [4.69, 9.17) is 14.6 Å². The van der Waals surface area contributed by atoms with Crippen molar-refractivity contribution < 1.29 is 19.7 Å². The van der Waals surface area contributed by atoms with E-state index in [1.54, 1.807) is 5.57 Å². The number of allylic oxidation sites excluding steroid dienone is 2. The molecule has 0 spiro atoms. The normalized spacial score (nSPS) is 13.0. The van der Waals surface area contributed by atoms with Gasteiger partial charge in [0.25, 0.3) is 6.47 Å². The molecule has 1 aliphatic carbocycles. The number of hydrogen-bond donors (Lipinski definition) is 2. The van der Waals surface area contributed by atoms with E-state index in [9.17, 15) is 5.11 Å². The van der Waals surface area contributed by atoms with E-state index < -0.39 is 0 Å². The number of carbonyl (C=O) groups is 1. The van der Waals surface area contributed by atoms with Crippen LogP contribution in [0.1, 0.15) is 259 Å². The Kier molecular flexibility index (Phi) is 42.2. The summed E-state index contributed by atoms with van der Waals surface area (Å²) in [5, 5.41) is 16.6. The highest BCUT2D eigenvalue weighted by Crippen LogP contribution is 2.36. The smallest absolute Gasteiger partial charge is 0.290 e. The monoisotopic (exact) mass is 764 g/mol. The molecule has 0 amide bonds. The van der Waals surface area contributed by atoms with Gasteiger partial charge in [-0.15, -0.1) is 0 Å². The summed E-state index contributed by atoms with van der Waals surface area (Å²) in [6.07, 6.45) is 49.8. The average molecular weight is 764 g/mol. The maximum atomic E-state index is 9.73. The highest BCUT2D eigenvalue weighted by atomic mass is 16.5. The molecule has 0 aromatic rings. The lowest BCUT2D eigenvalue weighted by atomic mass is 9.89. The predicted octanol–water partition coefficient (Wildman–Crippen LogP) is 15.4. The third-order valence-corrected chi connectivity index (χ3v) is 11.8. The average Bonchev–Trinajstić information content (AvgIpc) is 4.02. The Hall–Kier alpha value is -1.07. The molecule has 0 saturated heterocycles. The van der Waals surface area contributed by atoms with Crippen LogP contribution >= 0.6 is 0 Å². The van der Waals surface area contributed by atoms with Crippen molar-refractivity contribution in [3.63, 3.8) is 0 Å². The van der Waals surface area contributed by atoms with Gasteiger partial charge in [0.15, 0.2) is 0 Å².